The third-order valence-electron chi connectivity index (χ3n) is 9.62. The van der Waals surface area contributed by atoms with E-state index in [1.165, 1.54) is 6.92 Å². The minimum Gasteiger partial charge on any atom is -0.511 e. The number of allylic oxidation sites excluding steroid dienone is 3. The van der Waals surface area contributed by atoms with Gasteiger partial charge in [0.1, 0.15) is 23.4 Å². The van der Waals surface area contributed by atoms with Gasteiger partial charge in [0.15, 0.2) is 11.6 Å². The molecule has 0 spiro atoms. The van der Waals surface area contributed by atoms with E-state index in [-0.39, 0.29) is 35.2 Å². The molecular weight excluding hydrogens is 468 g/mol. The van der Waals surface area contributed by atoms with Gasteiger partial charge in [-0.3, -0.25) is 9.59 Å². The fourth-order valence-corrected chi connectivity index (χ4v) is 7.54. The van der Waals surface area contributed by atoms with Crippen LogP contribution in [-0.4, -0.2) is 32.7 Å². The van der Waals surface area contributed by atoms with Crippen molar-refractivity contribution in [1.29, 1.82) is 0 Å². The highest BCUT2D eigenvalue weighted by atomic mass is 16.3. The van der Waals surface area contributed by atoms with Crippen LogP contribution in [-0.2, 0) is 27.2 Å². The molecule has 200 valence electrons. The van der Waals surface area contributed by atoms with Gasteiger partial charge in [-0.2, -0.15) is 0 Å². The first-order valence-electron chi connectivity index (χ1n) is 13.2. The molecule has 4 unspecified atom stereocenters. The Morgan fingerprint density at radius 3 is 2.27 bits per heavy atom. The number of carbonyl (C=O) groups excluding carboxylic acids is 3. The normalized spacial score (nSPS) is 31.3. The number of carbonyl (C=O) groups is 3. The number of aryl methyl sites for hydroxylation is 1. The van der Waals surface area contributed by atoms with Gasteiger partial charge >= 0.3 is 0 Å². The van der Waals surface area contributed by atoms with Gasteiger partial charge in [-0.15, -0.1) is 0 Å². The van der Waals surface area contributed by atoms with Crippen molar-refractivity contribution in [3.8, 4) is 0 Å². The molecule has 6 nitrogen and oxygen atoms in total. The molecule has 3 N–H and O–H groups in total. The predicted molar refractivity (Wildman–Crippen MR) is 141 cm³/mol. The maximum Gasteiger partial charge on any atom is 0.183 e. The Hall–Kier alpha value is -2.73. The van der Waals surface area contributed by atoms with Crippen molar-refractivity contribution in [2.45, 2.75) is 99.5 Å². The highest BCUT2D eigenvalue weighted by Gasteiger charge is 2.65. The number of hydrogen-bond donors (Lipinski definition) is 3. The zero-order valence-electron chi connectivity index (χ0n) is 23.3. The van der Waals surface area contributed by atoms with Crippen molar-refractivity contribution in [2.24, 2.45) is 16.2 Å². The summed E-state index contributed by atoms with van der Waals surface area (Å²) in [5, 5.41) is 34.6. The van der Waals surface area contributed by atoms with E-state index >= 15 is 0 Å². The van der Waals surface area contributed by atoms with Crippen LogP contribution in [0.2, 0.25) is 0 Å². The van der Waals surface area contributed by atoms with Crippen molar-refractivity contribution in [3.63, 3.8) is 0 Å². The molecule has 0 aromatic heterocycles. The number of aliphatic hydroxyl groups is 3. The summed E-state index contributed by atoms with van der Waals surface area (Å²) in [5.74, 6) is -1.23. The highest BCUT2D eigenvalue weighted by Crippen LogP contribution is 2.67. The van der Waals surface area contributed by atoms with Gasteiger partial charge < -0.3 is 20.1 Å². The Kier molecular flexibility index (Phi) is 6.39. The first-order chi connectivity index (χ1) is 17.0. The molecule has 3 aliphatic rings. The van der Waals surface area contributed by atoms with E-state index in [2.05, 4.69) is 19.9 Å². The van der Waals surface area contributed by atoms with E-state index in [0.29, 0.717) is 31.3 Å². The van der Waals surface area contributed by atoms with Crippen LogP contribution in [0.1, 0.15) is 108 Å². The van der Waals surface area contributed by atoms with E-state index in [1.807, 2.05) is 20.8 Å². The number of fused-ring (bicyclic) bond motifs is 3. The van der Waals surface area contributed by atoms with Gasteiger partial charge in [-0.1, -0.05) is 33.8 Å². The van der Waals surface area contributed by atoms with Crippen LogP contribution in [0.5, 0.6) is 0 Å². The fraction of sp³-hybridized carbons (Fsp3) is 0.581. The number of aliphatic hydroxyl groups excluding tert-OH is 3. The largest absolute Gasteiger partial charge is 0.511 e. The lowest BCUT2D eigenvalue weighted by Gasteiger charge is -2.58. The second-order valence-corrected chi connectivity index (χ2v) is 12.6. The standard InChI is InChI=1S/C31H40O6/c1-15(2)20-11-19(10-9-16(3)32)17(4)23-21(20)12-29(6)14-30(7)13-22(34)24(18(5)33)27(36)31(30,8)28(37)25(29)26(23)35/h11,15,26,34-35,37H,9-10,12-14H2,1-8H3. The number of hydrogen-bond acceptors (Lipinski definition) is 6. The molecule has 3 aliphatic carbocycles. The lowest BCUT2D eigenvalue weighted by atomic mass is 9.44. The van der Waals surface area contributed by atoms with Gasteiger partial charge in [0.2, 0.25) is 0 Å². The summed E-state index contributed by atoms with van der Waals surface area (Å²) < 4.78 is 0. The van der Waals surface area contributed by atoms with Crippen LogP contribution in [0.25, 0.3) is 0 Å². The summed E-state index contributed by atoms with van der Waals surface area (Å²) in [6.07, 6.45) is 0.981. The third-order valence-corrected chi connectivity index (χ3v) is 9.62. The molecule has 4 rings (SSSR count). The lowest BCUT2D eigenvalue weighted by molar-refractivity contribution is -0.139. The summed E-state index contributed by atoms with van der Waals surface area (Å²) in [4.78, 5) is 37.8. The maximum atomic E-state index is 13.7. The number of Topliss-reactive ketones (excluding diaryl/α,β-unsaturated/α-hetero) is 3. The molecule has 37 heavy (non-hydrogen) atoms. The molecule has 0 amide bonds. The Morgan fingerprint density at radius 2 is 1.73 bits per heavy atom. The molecule has 0 aliphatic heterocycles. The molecule has 0 fully saturated rings. The van der Waals surface area contributed by atoms with E-state index in [1.54, 1.807) is 13.8 Å². The monoisotopic (exact) mass is 508 g/mol. The van der Waals surface area contributed by atoms with E-state index < -0.39 is 33.9 Å². The maximum absolute atomic E-state index is 13.7. The average Bonchev–Trinajstić information content (AvgIpc) is 2.74. The molecule has 4 atom stereocenters. The fourth-order valence-electron chi connectivity index (χ4n) is 7.54. The zero-order valence-corrected chi connectivity index (χ0v) is 23.3. The van der Waals surface area contributed by atoms with Crippen LogP contribution < -0.4 is 0 Å². The first kappa shape index (κ1) is 27.3. The van der Waals surface area contributed by atoms with Gasteiger partial charge in [0.25, 0.3) is 0 Å². The minimum atomic E-state index is -1.45. The van der Waals surface area contributed by atoms with Gasteiger partial charge in [0, 0.05) is 18.4 Å². The van der Waals surface area contributed by atoms with Crippen LogP contribution in [0.4, 0.5) is 0 Å². The first-order valence-corrected chi connectivity index (χ1v) is 13.2. The molecular formula is C31H40O6. The van der Waals surface area contributed by atoms with Crippen molar-refractivity contribution in [1.82, 2.24) is 0 Å². The Balaban J connectivity index is 1.99. The number of rotatable bonds is 5. The van der Waals surface area contributed by atoms with Crippen LogP contribution >= 0.6 is 0 Å². The Morgan fingerprint density at radius 1 is 1.11 bits per heavy atom. The lowest BCUT2D eigenvalue weighted by Crippen LogP contribution is -2.57. The van der Waals surface area contributed by atoms with E-state index in [4.69, 9.17) is 0 Å². The van der Waals surface area contributed by atoms with Crippen LogP contribution in [0.3, 0.4) is 0 Å². The second kappa shape index (κ2) is 8.65. The molecule has 0 saturated carbocycles. The van der Waals surface area contributed by atoms with Crippen molar-refractivity contribution in [3.05, 3.63) is 56.5 Å². The van der Waals surface area contributed by atoms with Gasteiger partial charge in [-0.25, -0.2) is 0 Å². The van der Waals surface area contributed by atoms with Crippen LogP contribution in [0, 0.1) is 23.2 Å². The molecule has 6 heteroatoms. The Labute approximate surface area is 219 Å². The van der Waals surface area contributed by atoms with Crippen molar-refractivity contribution in [2.75, 3.05) is 0 Å². The number of benzene rings is 1. The topological polar surface area (TPSA) is 112 Å². The molecule has 0 bridgehead atoms. The highest BCUT2D eigenvalue weighted by molar-refractivity contribution is 6.23. The minimum absolute atomic E-state index is 0.0973. The Bertz CT molecular complexity index is 1300. The summed E-state index contributed by atoms with van der Waals surface area (Å²) in [6, 6.07) is 2.17. The predicted octanol–water partition coefficient (Wildman–Crippen LogP) is 5.84. The summed E-state index contributed by atoms with van der Waals surface area (Å²) in [6.45, 7) is 14.6. The molecule has 1 aromatic rings. The smallest absolute Gasteiger partial charge is 0.183 e. The summed E-state index contributed by atoms with van der Waals surface area (Å²) >= 11 is 0. The van der Waals surface area contributed by atoms with E-state index in [9.17, 15) is 29.7 Å². The third kappa shape index (κ3) is 3.74. The summed E-state index contributed by atoms with van der Waals surface area (Å²) in [5.41, 5.74) is 2.07. The molecule has 1 aromatic carbocycles. The molecule has 0 heterocycles. The van der Waals surface area contributed by atoms with E-state index in [0.717, 1.165) is 27.8 Å². The average molecular weight is 509 g/mol. The summed E-state index contributed by atoms with van der Waals surface area (Å²) in [7, 11) is 0. The second-order valence-electron chi connectivity index (χ2n) is 12.6. The van der Waals surface area contributed by atoms with Gasteiger partial charge in [0.05, 0.1) is 11.0 Å². The van der Waals surface area contributed by atoms with Crippen molar-refractivity contribution >= 4 is 17.3 Å². The quantitative estimate of drug-likeness (QED) is 0.431. The molecule has 0 saturated heterocycles. The molecule has 0 radical (unpaired) electrons. The zero-order chi connectivity index (χ0) is 27.8. The van der Waals surface area contributed by atoms with Crippen LogP contribution in [0.15, 0.2) is 28.7 Å². The van der Waals surface area contributed by atoms with Crippen molar-refractivity contribution < 1.29 is 29.7 Å². The van der Waals surface area contributed by atoms with Gasteiger partial charge in [-0.05, 0) is 91.5 Å². The SMILES string of the molecule is CC(=O)CCc1cc(C(C)C)c2c(c1C)C(O)C1=C(O)C3(C)C(=O)C(C(C)=O)=C(O)CC3(C)CC1(C)C2. The number of ketones is 3.